The van der Waals surface area contributed by atoms with Crippen LogP contribution >= 0.6 is 11.8 Å². The first-order valence-electron chi connectivity index (χ1n) is 12.6. The van der Waals surface area contributed by atoms with Crippen molar-refractivity contribution in [3.63, 3.8) is 0 Å². The number of carbonyl (C=O) groups is 2. The Balaban J connectivity index is 0.00000684. The van der Waals surface area contributed by atoms with Crippen LogP contribution in [0.25, 0.3) is 0 Å². The van der Waals surface area contributed by atoms with Gasteiger partial charge in [0, 0.05) is 27.6 Å². The molecular formula is C29H39NaO6S. The number of ether oxygens (including phenoxy) is 1. The summed E-state index contributed by atoms with van der Waals surface area (Å²) in [5.74, 6) is 0.125. The van der Waals surface area contributed by atoms with Crippen molar-refractivity contribution in [2.75, 3.05) is 12.4 Å². The summed E-state index contributed by atoms with van der Waals surface area (Å²) in [5, 5.41) is 32.4. The molecule has 6 nitrogen and oxygen atoms in total. The van der Waals surface area contributed by atoms with E-state index >= 15 is 0 Å². The number of Topliss-reactive ketones (excluding diaryl/α,β-unsaturated/α-hetero) is 1. The number of aliphatic hydroxyl groups excluding tert-OH is 1. The Morgan fingerprint density at radius 2 is 1.78 bits per heavy atom. The molecule has 2 rings (SSSR count). The zero-order valence-electron chi connectivity index (χ0n) is 23.1. The molecule has 2 aromatic rings. The molecule has 0 bridgehead atoms. The Bertz CT molecular complexity index is 1050. The number of carboxylic acid groups (broad SMARTS) is 1. The van der Waals surface area contributed by atoms with Crippen LogP contribution in [0.15, 0.2) is 35.2 Å². The van der Waals surface area contributed by atoms with Gasteiger partial charge in [-0.1, -0.05) is 52.7 Å². The normalized spacial score (nSPS) is 12.1. The molecule has 2 aromatic carbocycles. The third-order valence-corrected chi connectivity index (χ3v) is 7.38. The molecule has 0 radical (unpaired) electrons. The van der Waals surface area contributed by atoms with Gasteiger partial charge in [0.1, 0.15) is 11.5 Å². The van der Waals surface area contributed by atoms with Crippen molar-refractivity contribution in [1.82, 2.24) is 0 Å². The van der Waals surface area contributed by atoms with Crippen LogP contribution in [0.5, 0.6) is 11.5 Å². The summed E-state index contributed by atoms with van der Waals surface area (Å²) in [6.07, 6.45) is 2.96. The predicted molar refractivity (Wildman–Crippen MR) is 142 cm³/mol. The quantitative estimate of drug-likeness (QED) is 0.155. The summed E-state index contributed by atoms with van der Waals surface area (Å²) >= 11 is 1.72. The number of phenols is 1. The number of aryl methyl sites for hydroxylation is 1. The summed E-state index contributed by atoms with van der Waals surface area (Å²) in [6, 6.07) is 9.24. The summed E-state index contributed by atoms with van der Waals surface area (Å²) in [7, 11) is 0. The molecule has 0 aliphatic rings. The van der Waals surface area contributed by atoms with Crippen LogP contribution in [0.1, 0.15) is 93.5 Å². The number of benzene rings is 2. The van der Waals surface area contributed by atoms with Crippen molar-refractivity contribution in [1.29, 1.82) is 0 Å². The SMILES string of the molecule is CCCc1cc(C(O)C(C)(C)CC(=O)[O-])ccc1SCCCOc1ccc(C(C)=O)c(O)c1CCC.[Na+]. The number of ketones is 1. The van der Waals surface area contributed by atoms with E-state index < -0.39 is 17.5 Å². The molecule has 0 saturated carbocycles. The summed E-state index contributed by atoms with van der Waals surface area (Å²) < 4.78 is 5.97. The first-order valence-corrected chi connectivity index (χ1v) is 13.6. The molecular weight excluding hydrogens is 499 g/mol. The van der Waals surface area contributed by atoms with E-state index in [4.69, 9.17) is 4.74 Å². The molecule has 8 heteroatoms. The average molecular weight is 539 g/mol. The van der Waals surface area contributed by atoms with E-state index in [2.05, 4.69) is 6.92 Å². The fourth-order valence-electron chi connectivity index (χ4n) is 4.25. The van der Waals surface area contributed by atoms with Crippen LogP contribution in [-0.4, -0.2) is 34.3 Å². The van der Waals surface area contributed by atoms with Crippen LogP contribution in [0.4, 0.5) is 0 Å². The molecule has 0 saturated heterocycles. The molecule has 0 amide bonds. The zero-order chi connectivity index (χ0) is 26.9. The van der Waals surface area contributed by atoms with Crippen LogP contribution < -0.4 is 39.4 Å². The Hall–Kier alpha value is -1.51. The van der Waals surface area contributed by atoms with Gasteiger partial charge in [-0.2, -0.15) is 0 Å². The number of thioether (sulfide) groups is 1. The second-order valence-electron chi connectivity index (χ2n) is 9.85. The Labute approximate surface area is 247 Å². The van der Waals surface area contributed by atoms with Gasteiger partial charge >= 0.3 is 29.6 Å². The number of carboxylic acids is 1. The summed E-state index contributed by atoms with van der Waals surface area (Å²) in [4.78, 5) is 24.0. The van der Waals surface area contributed by atoms with E-state index in [1.165, 1.54) is 6.92 Å². The van der Waals surface area contributed by atoms with Crippen molar-refractivity contribution >= 4 is 23.5 Å². The number of rotatable bonds is 15. The Kier molecular flexibility index (Phi) is 14.3. The third-order valence-electron chi connectivity index (χ3n) is 6.18. The molecule has 0 aliphatic heterocycles. The van der Waals surface area contributed by atoms with Gasteiger partial charge in [-0.25, -0.2) is 0 Å². The van der Waals surface area contributed by atoms with E-state index in [1.54, 1.807) is 37.7 Å². The van der Waals surface area contributed by atoms with Gasteiger partial charge in [0.2, 0.25) is 0 Å². The largest absolute Gasteiger partial charge is 1.00 e. The van der Waals surface area contributed by atoms with Crippen molar-refractivity contribution in [2.45, 2.75) is 84.1 Å². The van der Waals surface area contributed by atoms with Crippen LogP contribution in [0.2, 0.25) is 0 Å². The molecule has 0 heterocycles. The molecule has 0 aliphatic carbocycles. The van der Waals surface area contributed by atoms with E-state index in [0.717, 1.165) is 47.5 Å². The molecule has 2 N–H and O–H groups in total. The number of phenolic OH excluding ortho intramolecular Hbond substituents is 1. The Morgan fingerprint density at radius 1 is 1.11 bits per heavy atom. The van der Waals surface area contributed by atoms with Crippen LogP contribution in [-0.2, 0) is 17.6 Å². The van der Waals surface area contributed by atoms with Crippen molar-refractivity contribution < 1.29 is 59.2 Å². The van der Waals surface area contributed by atoms with Gasteiger partial charge in [-0.15, -0.1) is 11.8 Å². The minimum absolute atomic E-state index is 0. The van der Waals surface area contributed by atoms with Crippen LogP contribution in [0, 0.1) is 5.41 Å². The smallest absolute Gasteiger partial charge is 0.550 e. The maximum atomic E-state index is 11.7. The maximum absolute atomic E-state index is 11.7. The van der Waals surface area contributed by atoms with Gasteiger partial charge in [-0.05, 0) is 61.9 Å². The molecule has 37 heavy (non-hydrogen) atoms. The van der Waals surface area contributed by atoms with Crippen molar-refractivity contribution in [2.24, 2.45) is 5.41 Å². The summed E-state index contributed by atoms with van der Waals surface area (Å²) in [6.45, 7) is 9.51. The monoisotopic (exact) mass is 538 g/mol. The number of hydrogen-bond acceptors (Lipinski definition) is 7. The molecule has 1 unspecified atom stereocenters. The van der Waals surface area contributed by atoms with E-state index in [0.29, 0.717) is 29.9 Å². The van der Waals surface area contributed by atoms with E-state index in [-0.39, 0.29) is 47.5 Å². The maximum Gasteiger partial charge on any atom is 1.00 e. The fourth-order valence-corrected chi connectivity index (χ4v) is 5.24. The van der Waals surface area contributed by atoms with Crippen molar-refractivity contribution in [3.05, 3.63) is 52.6 Å². The van der Waals surface area contributed by atoms with Gasteiger partial charge < -0.3 is 24.9 Å². The fraction of sp³-hybridized carbons (Fsp3) is 0.517. The van der Waals surface area contributed by atoms with Gasteiger partial charge in [0.15, 0.2) is 5.78 Å². The summed E-state index contributed by atoms with van der Waals surface area (Å²) in [5.41, 5.74) is 2.02. The Morgan fingerprint density at radius 3 is 2.38 bits per heavy atom. The number of aliphatic carboxylic acids is 1. The van der Waals surface area contributed by atoms with Crippen LogP contribution in [0.3, 0.4) is 0 Å². The standard InChI is InChI=1S/C29H40O6S.Na/c1-6-9-20-17-21(28(34)29(4,5)18-26(31)32)11-14-25(20)36-16-8-15-35-24-13-12-22(19(3)30)27(33)23(24)10-7-2;/h11-14,17,28,33-34H,6-10,15-16,18H2,1-5H3,(H,31,32);/q;+1/p-1. The number of aliphatic hydroxyl groups is 1. The minimum atomic E-state index is -1.17. The average Bonchev–Trinajstić information content (AvgIpc) is 2.80. The first kappa shape index (κ1) is 33.5. The minimum Gasteiger partial charge on any atom is -0.550 e. The zero-order valence-corrected chi connectivity index (χ0v) is 25.9. The van der Waals surface area contributed by atoms with Gasteiger partial charge in [0.25, 0.3) is 0 Å². The topological polar surface area (TPSA) is 107 Å². The van der Waals surface area contributed by atoms with E-state index in [9.17, 15) is 24.9 Å². The number of aromatic hydroxyl groups is 1. The molecule has 1 atom stereocenters. The molecule has 0 aromatic heterocycles. The van der Waals surface area contributed by atoms with E-state index in [1.807, 2.05) is 25.1 Å². The first-order chi connectivity index (χ1) is 17.0. The predicted octanol–water partition coefficient (Wildman–Crippen LogP) is 2.26. The van der Waals surface area contributed by atoms with Gasteiger partial charge in [-0.3, -0.25) is 4.79 Å². The number of hydrogen-bond donors (Lipinski definition) is 2. The molecule has 198 valence electrons. The van der Waals surface area contributed by atoms with Crippen molar-refractivity contribution in [3.8, 4) is 11.5 Å². The number of carbonyl (C=O) groups excluding carboxylic acids is 2. The molecule has 0 spiro atoms. The molecule has 0 fully saturated rings. The third kappa shape index (κ3) is 9.63. The second-order valence-corrected chi connectivity index (χ2v) is 11.0. The second kappa shape index (κ2) is 15.8. The van der Waals surface area contributed by atoms with Gasteiger partial charge in [0.05, 0.1) is 18.3 Å².